The molecule has 3 rings (SSSR count). The second-order valence-corrected chi connectivity index (χ2v) is 6.41. The zero-order valence-electron chi connectivity index (χ0n) is 16.8. The number of rotatable bonds is 5. The highest BCUT2D eigenvalue weighted by Gasteiger charge is 2.16. The molecule has 0 aliphatic carbocycles. The van der Waals surface area contributed by atoms with E-state index >= 15 is 0 Å². The molecule has 158 valence electrons. The second-order valence-electron chi connectivity index (χ2n) is 6.41. The summed E-state index contributed by atoms with van der Waals surface area (Å²) in [6.07, 6.45) is 1.93. The number of carboxylic acids is 1. The number of benzene rings is 2. The largest absolute Gasteiger partial charge is 0.506 e. The number of aromatic hydroxyl groups is 1. The molecule has 0 unspecified atom stereocenters. The number of nitrogen functional groups attached to an aromatic ring is 2. The van der Waals surface area contributed by atoms with Crippen LogP contribution < -0.4 is 20.9 Å². The summed E-state index contributed by atoms with van der Waals surface area (Å²) in [5.74, 6) is 5.24. The highest BCUT2D eigenvalue weighted by molar-refractivity contribution is 5.91. The van der Waals surface area contributed by atoms with E-state index in [0.29, 0.717) is 29.0 Å². The number of ether oxygens (including phenoxy) is 2. The van der Waals surface area contributed by atoms with Crippen LogP contribution in [0.2, 0.25) is 0 Å². The molecule has 0 aliphatic heterocycles. The zero-order chi connectivity index (χ0) is 22.5. The van der Waals surface area contributed by atoms with E-state index in [1.165, 1.54) is 32.4 Å². The van der Waals surface area contributed by atoms with Crippen molar-refractivity contribution in [3.8, 4) is 29.1 Å². The van der Waals surface area contributed by atoms with Gasteiger partial charge in [0.15, 0.2) is 11.5 Å². The number of carbonyl (C=O) groups is 1. The molecule has 0 bridgehead atoms. The third kappa shape index (κ3) is 4.43. The van der Waals surface area contributed by atoms with Crippen LogP contribution in [-0.4, -0.2) is 40.4 Å². The maximum Gasteiger partial charge on any atom is 0.339 e. The Labute approximate surface area is 178 Å². The zero-order valence-corrected chi connectivity index (χ0v) is 16.8. The van der Waals surface area contributed by atoms with Gasteiger partial charge >= 0.3 is 5.97 Å². The number of aromatic nitrogens is 2. The molecule has 0 radical (unpaired) electrons. The van der Waals surface area contributed by atoms with Gasteiger partial charge in [-0.2, -0.15) is 4.98 Å². The lowest BCUT2D eigenvalue weighted by Gasteiger charge is -2.15. The van der Waals surface area contributed by atoms with Crippen LogP contribution in [0.5, 0.6) is 17.2 Å². The lowest BCUT2D eigenvalue weighted by Crippen LogP contribution is -2.05. The summed E-state index contributed by atoms with van der Waals surface area (Å²) in [6.45, 7) is 0. The standard InChI is InChI=1S/C22H20N4O5/c1-30-18-13(7-6-12-4-3-5-16(17(12)27)21(28)29)8-9-14(19(18)31-2)10-15-11-25-22(24)26-20(15)23/h3-5,8-9,11,27H,10H2,1-2H3,(H,28,29)(H4,23,24,25,26). The number of aromatic carboxylic acids is 1. The van der Waals surface area contributed by atoms with Gasteiger partial charge in [-0.15, -0.1) is 0 Å². The fourth-order valence-corrected chi connectivity index (χ4v) is 2.99. The van der Waals surface area contributed by atoms with Crippen LogP contribution in [0.1, 0.15) is 32.6 Å². The Hall–Kier alpha value is -4.45. The number of para-hydroxylation sites is 1. The smallest absolute Gasteiger partial charge is 0.339 e. The summed E-state index contributed by atoms with van der Waals surface area (Å²) in [7, 11) is 2.99. The highest BCUT2D eigenvalue weighted by atomic mass is 16.5. The number of nitrogens with zero attached hydrogens (tertiary/aromatic N) is 2. The third-order valence-electron chi connectivity index (χ3n) is 4.50. The van der Waals surface area contributed by atoms with Crippen molar-refractivity contribution in [2.45, 2.75) is 6.42 Å². The van der Waals surface area contributed by atoms with Crippen molar-refractivity contribution >= 4 is 17.7 Å². The van der Waals surface area contributed by atoms with Gasteiger partial charge in [-0.1, -0.05) is 24.0 Å². The second kappa shape index (κ2) is 8.92. The number of nitrogens with two attached hydrogens (primary N) is 2. The minimum Gasteiger partial charge on any atom is -0.506 e. The fraction of sp³-hybridized carbons (Fsp3) is 0.136. The summed E-state index contributed by atoms with van der Waals surface area (Å²) < 4.78 is 11.1. The van der Waals surface area contributed by atoms with Gasteiger partial charge in [0.1, 0.15) is 17.1 Å². The van der Waals surface area contributed by atoms with E-state index in [1.54, 1.807) is 18.3 Å². The first-order valence-electron chi connectivity index (χ1n) is 9.03. The fourth-order valence-electron chi connectivity index (χ4n) is 2.99. The minimum atomic E-state index is -1.24. The van der Waals surface area contributed by atoms with Crippen LogP contribution >= 0.6 is 0 Å². The lowest BCUT2D eigenvalue weighted by molar-refractivity contribution is 0.0693. The highest BCUT2D eigenvalue weighted by Crippen LogP contribution is 2.36. The molecule has 2 aromatic carbocycles. The molecule has 0 saturated carbocycles. The first-order valence-corrected chi connectivity index (χ1v) is 9.03. The Balaban J connectivity index is 2.02. The van der Waals surface area contributed by atoms with Crippen molar-refractivity contribution in [1.82, 2.24) is 9.97 Å². The molecule has 3 aromatic rings. The Kier molecular flexibility index (Phi) is 6.12. The molecule has 0 saturated heterocycles. The lowest BCUT2D eigenvalue weighted by atomic mass is 10.0. The summed E-state index contributed by atoms with van der Waals surface area (Å²) in [5, 5.41) is 19.3. The summed E-state index contributed by atoms with van der Waals surface area (Å²) in [6, 6.07) is 7.86. The first-order chi connectivity index (χ1) is 14.8. The Bertz CT molecular complexity index is 1210. The normalized spacial score (nSPS) is 10.1. The maximum atomic E-state index is 11.2. The van der Waals surface area contributed by atoms with Crippen molar-refractivity contribution in [1.29, 1.82) is 0 Å². The van der Waals surface area contributed by atoms with Gasteiger partial charge in [-0.3, -0.25) is 0 Å². The number of hydrogen-bond donors (Lipinski definition) is 4. The van der Waals surface area contributed by atoms with E-state index in [4.69, 9.17) is 26.0 Å². The Morgan fingerprint density at radius 3 is 2.39 bits per heavy atom. The van der Waals surface area contributed by atoms with Gasteiger partial charge in [0.2, 0.25) is 5.95 Å². The first kappa shape index (κ1) is 21.3. The predicted molar refractivity (Wildman–Crippen MR) is 114 cm³/mol. The quantitative estimate of drug-likeness (QED) is 0.454. The molecular weight excluding hydrogens is 400 g/mol. The maximum absolute atomic E-state index is 11.2. The van der Waals surface area contributed by atoms with Gasteiger partial charge in [0.25, 0.3) is 0 Å². The number of hydrogen-bond acceptors (Lipinski definition) is 8. The molecule has 9 heteroatoms. The van der Waals surface area contributed by atoms with Crippen molar-refractivity contribution in [3.05, 3.63) is 64.3 Å². The molecule has 31 heavy (non-hydrogen) atoms. The van der Waals surface area contributed by atoms with Crippen molar-refractivity contribution in [3.63, 3.8) is 0 Å². The molecule has 0 aliphatic rings. The number of phenols is 1. The number of carboxylic acid groups (broad SMARTS) is 1. The van der Waals surface area contributed by atoms with Crippen molar-refractivity contribution in [2.75, 3.05) is 25.7 Å². The van der Waals surface area contributed by atoms with E-state index in [-0.39, 0.29) is 22.9 Å². The van der Waals surface area contributed by atoms with E-state index in [9.17, 15) is 9.90 Å². The average molecular weight is 420 g/mol. The predicted octanol–water partition coefficient (Wildman–Crippen LogP) is 2.05. The summed E-state index contributed by atoms with van der Waals surface area (Å²) in [5.41, 5.74) is 13.4. The van der Waals surface area contributed by atoms with E-state index in [2.05, 4.69) is 21.8 Å². The van der Waals surface area contributed by atoms with Gasteiger partial charge in [0, 0.05) is 23.7 Å². The van der Waals surface area contributed by atoms with E-state index in [1.807, 2.05) is 0 Å². The Morgan fingerprint density at radius 2 is 1.74 bits per heavy atom. The van der Waals surface area contributed by atoms with Crippen LogP contribution in [0.3, 0.4) is 0 Å². The van der Waals surface area contributed by atoms with Crippen LogP contribution in [-0.2, 0) is 6.42 Å². The molecule has 1 aromatic heterocycles. The average Bonchev–Trinajstić information content (AvgIpc) is 2.74. The third-order valence-corrected chi connectivity index (χ3v) is 4.50. The Morgan fingerprint density at radius 1 is 1.03 bits per heavy atom. The van der Waals surface area contributed by atoms with Crippen LogP contribution in [0.15, 0.2) is 36.5 Å². The van der Waals surface area contributed by atoms with E-state index in [0.717, 1.165) is 5.56 Å². The monoisotopic (exact) mass is 420 g/mol. The summed E-state index contributed by atoms with van der Waals surface area (Å²) >= 11 is 0. The number of methoxy groups -OCH3 is 2. The van der Waals surface area contributed by atoms with Gasteiger partial charge in [0.05, 0.1) is 25.3 Å². The van der Waals surface area contributed by atoms with Crippen LogP contribution in [0.25, 0.3) is 0 Å². The molecule has 0 amide bonds. The van der Waals surface area contributed by atoms with Crippen LogP contribution in [0, 0.1) is 11.8 Å². The molecule has 0 fully saturated rings. The molecule has 9 nitrogen and oxygen atoms in total. The van der Waals surface area contributed by atoms with E-state index < -0.39 is 11.7 Å². The van der Waals surface area contributed by atoms with Crippen molar-refractivity contribution in [2.24, 2.45) is 0 Å². The molecule has 0 spiro atoms. The van der Waals surface area contributed by atoms with Gasteiger partial charge in [-0.05, 0) is 18.2 Å². The van der Waals surface area contributed by atoms with Gasteiger partial charge in [-0.25, -0.2) is 9.78 Å². The minimum absolute atomic E-state index is 0.0895. The number of anilines is 2. The van der Waals surface area contributed by atoms with Gasteiger partial charge < -0.3 is 31.2 Å². The SMILES string of the molecule is COc1c(C#Cc2cccc(C(=O)O)c2O)ccc(Cc2cnc(N)nc2N)c1OC. The molecule has 0 atom stereocenters. The molecular formula is C22H20N4O5. The molecule has 6 N–H and O–H groups in total. The summed E-state index contributed by atoms with van der Waals surface area (Å²) in [4.78, 5) is 19.1. The molecule has 1 heterocycles. The topological polar surface area (TPSA) is 154 Å². The van der Waals surface area contributed by atoms with Crippen molar-refractivity contribution < 1.29 is 24.5 Å². The van der Waals surface area contributed by atoms with Crippen LogP contribution in [0.4, 0.5) is 11.8 Å².